The van der Waals surface area contributed by atoms with Crippen molar-refractivity contribution in [2.24, 2.45) is 5.92 Å². The predicted molar refractivity (Wildman–Crippen MR) is 103 cm³/mol. The second-order valence-electron chi connectivity index (χ2n) is 6.68. The van der Waals surface area contributed by atoms with Crippen molar-refractivity contribution in [3.63, 3.8) is 0 Å². The zero-order chi connectivity index (χ0) is 19.2. The molecule has 0 radical (unpaired) electrons. The molecule has 0 aliphatic carbocycles. The van der Waals surface area contributed by atoms with Crippen LogP contribution >= 0.6 is 0 Å². The molecule has 1 aromatic rings. The number of hydrogen-bond donors (Lipinski definition) is 1. The molecule has 1 aliphatic heterocycles. The van der Waals surface area contributed by atoms with Gasteiger partial charge in [-0.15, -0.1) is 0 Å². The summed E-state index contributed by atoms with van der Waals surface area (Å²) in [4.78, 5) is 12.6. The molecule has 1 fully saturated rings. The topological polar surface area (TPSA) is 75.7 Å². The molecule has 0 saturated carbocycles. The molecule has 2 rings (SSSR count). The van der Waals surface area contributed by atoms with E-state index in [0.717, 1.165) is 38.5 Å². The maximum atomic E-state index is 13.0. The Morgan fingerprint density at radius 2 is 1.77 bits per heavy atom. The first kappa shape index (κ1) is 20.7. The van der Waals surface area contributed by atoms with E-state index in [1.807, 2.05) is 13.8 Å². The van der Waals surface area contributed by atoms with Gasteiger partial charge in [-0.1, -0.05) is 26.7 Å². The van der Waals surface area contributed by atoms with Gasteiger partial charge in [0, 0.05) is 19.0 Å². The summed E-state index contributed by atoms with van der Waals surface area (Å²) in [7, 11) is -2.07. The van der Waals surface area contributed by atoms with E-state index in [2.05, 4.69) is 5.32 Å². The highest BCUT2D eigenvalue weighted by atomic mass is 32.2. The molecule has 1 N–H and O–H groups in total. The number of amides is 1. The van der Waals surface area contributed by atoms with E-state index in [-0.39, 0.29) is 16.7 Å². The van der Waals surface area contributed by atoms with Crippen LogP contribution in [0.1, 0.15) is 52.4 Å². The fraction of sp³-hybridized carbons (Fsp3) is 0.632. The average molecular weight is 383 g/mol. The first-order valence-electron chi connectivity index (χ1n) is 9.43. The largest absolute Gasteiger partial charge is 0.495 e. The van der Waals surface area contributed by atoms with Gasteiger partial charge < -0.3 is 10.1 Å². The van der Waals surface area contributed by atoms with Gasteiger partial charge in [-0.3, -0.25) is 4.79 Å². The molecule has 1 aromatic carbocycles. The minimum absolute atomic E-state index is 0.106. The standard InChI is InChI=1S/C19H30N2O4S/c1-4-15(5-2)19(22)20-17-14-16(10-11-18(17)25-3)26(23,24)21-12-8-6-7-9-13-21/h10-11,14-15H,4-9,12-13H2,1-3H3,(H,20,22). The van der Waals surface area contributed by atoms with E-state index in [9.17, 15) is 13.2 Å². The summed E-state index contributed by atoms with van der Waals surface area (Å²) >= 11 is 0. The van der Waals surface area contributed by atoms with Gasteiger partial charge in [0.1, 0.15) is 5.75 Å². The molecular formula is C19H30N2O4S. The third-order valence-electron chi connectivity index (χ3n) is 4.99. The number of carbonyl (C=O) groups is 1. The molecule has 26 heavy (non-hydrogen) atoms. The van der Waals surface area contributed by atoms with Crippen LogP contribution in [0.4, 0.5) is 5.69 Å². The fourth-order valence-corrected chi connectivity index (χ4v) is 4.81. The van der Waals surface area contributed by atoms with Crippen LogP contribution in [0.2, 0.25) is 0 Å². The van der Waals surface area contributed by atoms with Gasteiger partial charge in [0.25, 0.3) is 0 Å². The Hall–Kier alpha value is -1.60. The zero-order valence-electron chi connectivity index (χ0n) is 16.0. The van der Waals surface area contributed by atoms with Gasteiger partial charge in [-0.25, -0.2) is 8.42 Å². The van der Waals surface area contributed by atoms with Crippen LogP contribution in [-0.2, 0) is 14.8 Å². The number of nitrogens with one attached hydrogen (secondary N) is 1. The molecule has 0 bridgehead atoms. The maximum Gasteiger partial charge on any atom is 0.243 e. The van der Waals surface area contributed by atoms with Gasteiger partial charge >= 0.3 is 0 Å². The maximum absolute atomic E-state index is 13.0. The van der Waals surface area contributed by atoms with Gasteiger partial charge in [-0.2, -0.15) is 4.31 Å². The molecule has 1 aliphatic rings. The fourth-order valence-electron chi connectivity index (χ4n) is 3.27. The summed E-state index contributed by atoms with van der Waals surface area (Å²) in [5, 5.41) is 2.84. The lowest BCUT2D eigenvalue weighted by atomic mass is 10.0. The number of ether oxygens (including phenoxy) is 1. The lowest BCUT2D eigenvalue weighted by Crippen LogP contribution is -2.32. The molecule has 1 heterocycles. The van der Waals surface area contributed by atoms with Crippen LogP contribution in [0, 0.1) is 5.92 Å². The third-order valence-corrected chi connectivity index (χ3v) is 6.88. The number of methoxy groups -OCH3 is 1. The van der Waals surface area contributed by atoms with Crippen LogP contribution < -0.4 is 10.1 Å². The molecule has 0 atom stereocenters. The molecule has 1 saturated heterocycles. The Bertz CT molecular complexity index is 706. The number of carbonyl (C=O) groups excluding carboxylic acids is 1. The van der Waals surface area contributed by atoms with E-state index in [4.69, 9.17) is 4.74 Å². The highest BCUT2D eigenvalue weighted by Gasteiger charge is 2.26. The van der Waals surface area contributed by atoms with E-state index in [0.29, 0.717) is 24.5 Å². The lowest BCUT2D eigenvalue weighted by Gasteiger charge is -2.21. The van der Waals surface area contributed by atoms with Crippen molar-refractivity contribution in [2.75, 3.05) is 25.5 Å². The SMILES string of the molecule is CCC(CC)C(=O)Nc1cc(S(=O)(=O)N2CCCCCC2)ccc1OC. The Kier molecular flexibility index (Phi) is 7.46. The van der Waals surface area contributed by atoms with Crippen LogP contribution in [0.25, 0.3) is 0 Å². The summed E-state index contributed by atoms with van der Waals surface area (Å²) in [6.45, 7) is 5.02. The van der Waals surface area contributed by atoms with Crippen molar-refractivity contribution >= 4 is 21.6 Å². The second kappa shape index (κ2) is 9.37. The van der Waals surface area contributed by atoms with E-state index >= 15 is 0 Å². The van der Waals surface area contributed by atoms with Crippen LogP contribution in [-0.4, -0.2) is 38.8 Å². The summed E-state index contributed by atoms with van der Waals surface area (Å²) in [6.07, 6.45) is 5.35. The van der Waals surface area contributed by atoms with E-state index < -0.39 is 10.0 Å². The Morgan fingerprint density at radius 3 is 2.31 bits per heavy atom. The quantitative estimate of drug-likeness (QED) is 0.781. The monoisotopic (exact) mass is 382 g/mol. The molecule has 6 nitrogen and oxygen atoms in total. The zero-order valence-corrected chi connectivity index (χ0v) is 16.8. The molecule has 146 valence electrons. The van der Waals surface area contributed by atoms with Crippen molar-refractivity contribution in [1.82, 2.24) is 4.31 Å². The lowest BCUT2D eigenvalue weighted by molar-refractivity contribution is -0.120. The minimum atomic E-state index is -3.57. The van der Waals surface area contributed by atoms with Gasteiger partial charge in [0.15, 0.2) is 0 Å². The number of anilines is 1. The van der Waals surface area contributed by atoms with Gasteiger partial charge in [-0.05, 0) is 43.9 Å². The average Bonchev–Trinajstić information content (AvgIpc) is 2.92. The summed E-state index contributed by atoms with van der Waals surface area (Å²) in [6, 6.07) is 4.67. The molecule has 0 aromatic heterocycles. The van der Waals surface area contributed by atoms with E-state index in [1.165, 1.54) is 13.2 Å². The summed E-state index contributed by atoms with van der Waals surface area (Å²) in [5.74, 6) is 0.238. The molecule has 0 unspecified atom stereocenters. The molecule has 0 spiro atoms. The number of rotatable bonds is 7. The Morgan fingerprint density at radius 1 is 1.15 bits per heavy atom. The van der Waals surface area contributed by atoms with Gasteiger partial charge in [0.2, 0.25) is 15.9 Å². The minimum Gasteiger partial charge on any atom is -0.495 e. The highest BCUT2D eigenvalue weighted by molar-refractivity contribution is 7.89. The first-order chi connectivity index (χ1) is 12.4. The first-order valence-corrected chi connectivity index (χ1v) is 10.9. The van der Waals surface area contributed by atoms with Crippen molar-refractivity contribution < 1.29 is 17.9 Å². The Balaban J connectivity index is 2.31. The van der Waals surface area contributed by atoms with Crippen molar-refractivity contribution in [1.29, 1.82) is 0 Å². The van der Waals surface area contributed by atoms with E-state index in [1.54, 1.807) is 16.4 Å². The number of sulfonamides is 1. The summed E-state index contributed by atoms with van der Waals surface area (Å²) < 4.78 is 32.8. The number of nitrogens with zero attached hydrogens (tertiary/aromatic N) is 1. The smallest absolute Gasteiger partial charge is 0.243 e. The van der Waals surface area contributed by atoms with Crippen molar-refractivity contribution in [3.8, 4) is 5.75 Å². The van der Waals surface area contributed by atoms with Crippen molar-refractivity contribution in [2.45, 2.75) is 57.3 Å². The molecular weight excluding hydrogens is 352 g/mol. The second-order valence-corrected chi connectivity index (χ2v) is 8.62. The van der Waals surface area contributed by atoms with Gasteiger partial charge in [0.05, 0.1) is 17.7 Å². The van der Waals surface area contributed by atoms with Crippen LogP contribution in [0.5, 0.6) is 5.75 Å². The van der Waals surface area contributed by atoms with Crippen LogP contribution in [0.3, 0.4) is 0 Å². The Labute approximate surface area is 157 Å². The van der Waals surface area contributed by atoms with Crippen LogP contribution in [0.15, 0.2) is 23.1 Å². The normalized spacial score (nSPS) is 16.3. The third kappa shape index (κ3) is 4.76. The van der Waals surface area contributed by atoms with Crippen molar-refractivity contribution in [3.05, 3.63) is 18.2 Å². The summed E-state index contributed by atoms with van der Waals surface area (Å²) in [5.41, 5.74) is 0.403. The molecule has 7 heteroatoms. The number of benzene rings is 1. The molecule has 1 amide bonds. The predicted octanol–water partition coefficient (Wildman–Crippen LogP) is 3.63. The highest BCUT2D eigenvalue weighted by Crippen LogP contribution is 2.30. The number of hydrogen-bond acceptors (Lipinski definition) is 4.